The predicted molar refractivity (Wildman–Crippen MR) is 119 cm³/mol. The number of carboxylic acids is 1. The molecule has 0 aromatic heterocycles. The summed E-state index contributed by atoms with van der Waals surface area (Å²) in [5.74, 6) is -0.877. The Kier molecular flexibility index (Phi) is 9.92. The second-order valence-corrected chi connectivity index (χ2v) is 7.26. The van der Waals surface area contributed by atoms with Gasteiger partial charge in [0.25, 0.3) is 0 Å². The highest BCUT2D eigenvalue weighted by atomic mass is 35.5. The fraction of sp³-hybridized carbons (Fsp3) is 0.375. The van der Waals surface area contributed by atoms with Crippen LogP contribution in [0.4, 0.5) is 0 Å². The van der Waals surface area contributed by atoms with Crippen molar-refractivity contribution in [2.24, 2.45) is 5.92 Å². The van der Waals surface area contributed by atoms with Crippen LogP contribution < -0.4 is 0 Å². The summed E-state index contributed by atoms with van der Waals surface area (Å²) < 4.78 is 5.85. The third kappa shape index (κ3) is 7.32. The number of ether oxygens (including phenoxy) is 1. The standard InChI is InChI=1S/C24H29NO3.ClH/c26-24(27)22-13-7-15-25(19-22)16-8-17-28-18-14-23(20-9-3-1-4-10-20)21-11-5-2-6-12-21;/h1-6,9-12,14,22H,7-8,13,15-19H2,(H,26,27);1H. The summed E-state index contributed by atoms with van der Waals surface area (Å²) in [6, 6.07) is 20.7. The smallest absolute Gasteiger partial charge is 0.307 e. The molecule has 1 aliphatic rings. The van der Waals surface area contributed by atoms with E-state index < -0.39 is 5.97 Å². The number of piperidine rings is 1. The van der Waals surface area contributed by atoms with Gasteiger partial charge in [0.1, 0.15) is 0 Å². The van der Waals surface area contributed by atoms with Crippen molar-refractivity contribution in [3.8, 4) is 0 Å². The Morgan fingerprint density at radius 1 is 1.07 bits per heavy atom. The van der Waals surface area contributed by atoms with Gasteiger partial charge in [0.15, 0.2) is 0 Å². The van der Waals surface area contributed by atoms with Crippen LogP contribution in [0.5, 0.6) is 0 Å². The van der Waals surface area contributed by atoms with E-state index in [0.29, 0.717) is 19.8 Å². The lowest BCUT2D eigenvalue weighted by Crippen LogP contribution is -2.39. The number of hydrogen-bond acceptors (Lipinski definition) is 3. The zero-order valence-corrected chi connectivity index (χ0v) is 17.5. The zero-order chi connectivity index (χ0) is 19.6. The lowest BCUT2D eigenvalue weighted by molar-refractivity contribution is -0.143. The molecule has 5 heteroatoms. The molecule has 1 unspecified atom stereocenters. The molecule has 29 heavy (non-hydrogen) atoms. The van der Waals surface area contributed by atoms with Crippen LogP contribution in [0.1, 0.15) is 30.4 Å². The molecular formula is C24H30ClNO3. The van der Waals surface area contributed by atoms with Gasteiger partial charge in [0.2, 0.25) is 0 Å². The van der Waals surface area contributed by atoms with Gasteiger partial charge in [-0.1, -0.05) is 66.7 Å². The zero-order valence-electron chi connectivity index (χ0n) is 16.7. The molecule has 1 saturated heterocycles. The molecular weight excluding hydrogens is 386 g/mol. The van der Waals surface area contributed by atoms with Gasteiger partial charge in [-0.15, -0.1) is 12.4 Å². The van der Waals surface area contributed by atoms with E-state index in [1.807, 2.05) is 12.1 Å². The van der Waals surface area contributed by atoms with E-state index in [0.717, 1.165) is 32.4 Å². The molecule has 1 atom stereocenters. The summed E-state index contributed by atoms with van der Waals surface area (Å²) in [5, 5.41) is 9.18. The molecule has 0 spiro atoms. The van der Waals surface area contributed by atoms with Gasteiger partial charge in [-0.3, -0.25) is 4.79 Å². The van der Waals surface area contributed by atoms with Crippen molar-refractivity contribution in [2.75, 3.05) is 32.8 Å². The van der Waals surface area contributed by atoms with Gasteiger partial charge >= 0.3 is 5.97 Å². The highest BCUT2D eigenvalue weighted by Crippen LogP contribution is 2.23. The predicted octanol–water partition coefficient (Wildman–Crippen LogP) is 4.74. The first-order valence-corrected chi connectivity index (χ1v) is 10.1. The summed E-state index contributed by atoms with van der Waals surface area (Å²) in [5.41, 5.74) is 3.55. The van der Waals surface area contributed by atoms with Crippen LogP contribution in [-0.2, 0) is 9.53 Å². The molecule has 0 radical (unpaired) electrons. The molecule has 1 aliphatic heterocycles. The lowest BCUT2D eigenvalue weighted by atomic mass is 9.98. The van der Waals surface area contributed by atoms with Crippen molar-refractivity contribution in [3.05, 3.63) is 77.9 Å². The number of nitrogens with zero attached hydrogens (tertiary/aromatic N) is 1. The molecule has 0 bridgehead atoms. The average molecular weight is 416 g/mol. The molecule has 1 N–H and O–H groups in total. The Hall–Kier alpha value is -2.14. The van der Waals surface area contributed by atoms with Gasteiger partial charge in [0, 0.05) is 19.7 Å². The van der Waals surface area contributed by atoms with Crippen LogP contribution in [0.2, 0.25) is 0 Å². The number of benzene rings is 2. The number of aliphatic carboxylic acids is 1. The van der Waals surface area contributed by atoms with Crippen molar-refractivity contribution in [2.45, 2.75) is 19.3 Å². The van der Waals surface area contributed by atoms with Crippen LogP contribution in [0, 0.1) is 5.92 Å². The fourth-order valence-corrected chi connectivity index (χ4v) is 3.71. The maximum atomic E-state index is 11.2. The van der Waals surface area contributed by atoms with E-state index >= 15 is 0 Å². The quantitative estimate of drug-likeness (QED) is 0.601. The van der Waals surface area contributed by atoms with E-state index in [1.165, 1.54) is 16.7 Å². The Morgan fingerprint density at radius 3 is 2.28 bits per heavy atom. The van der Waals surface area contributed by atoms with E-state index in [1.54, 1.807) is 0 Å². The van der Waals surface area contributed by atoms with Gasteiger partial charge in [-0.05, 0) is 42.5 Å². The minimum atomic E-state index is -0.666. The minimum absolute atomic E-state index is 0. The number of rotatable bonds is 9. The van der Waals surface area contributed by atoms with Crippen LogP contribution in [-0.4, -0.2) is 48.8 Å². The third-order valence-corrected chi connectivity index (χ3v) is 5.19. The molecule has 0 aliphatic carbocycles. The first-order valence-electron chi connectivity index (χ1n) is 10.1. The number of hydrogen-bond donors (Lipinski definition) is 1. The summed E-state index contributed by atoms with van der Waals surface area (Å²) in [6.45, 7) is 3.81. The van der Waals surface area contributed by atoms with E-state index in [2.05, 4.69) is 59.5 Å². The molecule has 0 saturated carbocycles. The molecule has 3 rings (SSSR count). The molecule has 2 aromatic carbocycles. The Labute approximate surface area is 179 Å². The van der Waals surface area contributed by atoms with E-state index in [9.17, 15) is 9.90 Å². The summed E-state index contributed by atoms with van der Waals surface area (Å²) >= 11 is 0. The van der Waals surface area contributed by atoms with Crippen molar-refractivity contribution in [1.29, 1.82) is 0 Å². The Morgan fingerprint density at radius 2 is 1.69 bits per heavy atom. The third-order valence-electron chi connectivity index (χ3n) is 5.19. The van der Waals surface area contributed by atoms with Gasteiger partial charge < -0.3 is 14.7 Å². The second-order valence-electron chi connectivity index (χ2n) is 7.26. The maximum absolute atomic E-state index is 11.2. The Balaban J connectivity index is 0.00000300. The molecule has 156 valence electrons. The van der Waals surface area contributed by atoms with Gasteiger partial charge in [0.05, 0.1) is 12.5 Å². The van der Waals surface area contributed by atoms with E-state index in [-0.39, 0.29) is 18.3 Å². The fourth-order valence-electron chi connectivity index (χ4n) is 3.71. The second kappa shape index (κ2) is 12.4. The molecule has 2 aromatic rings. The molecule has 1 heterocycles. The number of halogens is 1. The molecule has 4 nitrogen and oxygen atoms in total. The van der Waals surface area contributed by atoms with Crippen molar-refractivity contribution < 1.29 is 14.6 Å². The van der Waals surface area contributed by atoms with Gasteiger partial charge in [-0.2, -0.15) is 0 Å². The largest absolute Gasteiger partial charge is 0.481 e. The van der Waals surface area contributed by atoms with Crippen LogP contribution in [0.3, 0.4) is 0 Å². The van der Waals surface area contributed by atoms with Crippen molar-refractivity contribution >= 4 is 23.9 Å². The summed E-state index contributed by atoms with van der Waals surface area (Å²) in [4.78, 5) is 13.4. The van der Waals surface area contributed by atoms with Crippen LogP contribution >= 0.6 is 12.4 Å². The molecule has 1 fully saturated rings. The maximum Gasteiger partial charge on any atom is 0.307 e. The summed E-state index contributed by atoms with van der Waals surface area (Å²) in [7, 11) is 0. The first kappa shape index (κ1) is 23.1. The number of carbonyl (C=O) groups is 1. The Bertz CT molecular complexity index is 723. The number of carboxylic acid groups (broad SMARTS) is 1. The summed E-state index contributed by atoms with van der Waals surface area (Å²) in [6.07, 6.45) is 4.84. The minimum Gasteiger partial charge on any atom is -0.481 e. The van der Waals surface area contributed by atoms with Crippen LogP contribution in [0.15, 0.2) is 66.7 Å². The molecule has 0 amide bonds. The van der Waals surface area contributed by atoms with E-state index in [4.69, 9.17) is 4.74 Å². The normalized spacial score (nSPS) is 16.6. The van der Waals surface area contributed by atoms with Crippen molar-refractivity contribution in [1.82, 2.24) is 4.90 Å². The van der Waals surface area contributed by atoms with Crippen molar-refractivity contribution in [3.63, 3.8) is 0 Å². The average Bonchev–Trinajstić information content (AvgIpc) is 2.74. The monoisotopic (exact) mass is 415 g/mol. The first-order chi connectivity index (χ1) is 13.7. The lowest BCUT2D eigenvalue weighted by Gasteiger charge is -2.30. The highest BCUT2D eigenvalue weighted by Gasteiger charge is 2.24. The van der Waals surface area contributed by atoms with Crippen LogP contribution in [0.25, 0.3) is 5.57 Å². The topological polar surface area (TPSA) is 49.8 Å². The number of likely N-dealkylation sites (tertiary alicyclic amines) is 1. The SMILES string of the molecule is Cl.O=C(O)C1CCCN(CCCOCC=C(c2ccccc2)c2ccccc2)C1. The van der Waals surface area contributed by atoms with Gasteiger partial charge in [-0.25, -0.2) is 0 Å². The highest BCUT2D eigenvalue weighted by molar-refractivity contribution is 5.85.